The van der Waals surface area contributed by atoms with E-state index < -0.39 is 17.9 Å². The Morgan fingerprint density at radius 2 is 1.96 bits per heavy atom. The summed E-state index contributed by atoms with van der Waals surface area (Å²) >= 11 is 0. The predicted octanol–water partition coefficient (Wildman–Crippen LogP) is 1.40. The Hall–Kier alpha value is -2.96. The van der Waals surface area contributed by atoms with Crippen LogP contribution in [0.15, 0.2) is 42.6 Å². The fourth-order valence-corrected chi connectivity index (χ4v) is 1.69. The molecule has 1 unspecified atom stereocenters. The largest absolute Gasteiger partial charge is 0.487 e. The highest BCUT2D eigenvalue weighted by Crippen LogP contribution is 2.12. The number of halogens is 1. The van der Waals surface area contributed by atoms with Crippen molar-refractivity contribution in [1.82, 2.24) is 10.3 Å². The molecule has 6 nitrogen and oxygen atoms in total. The minimum Gasteiger partial charge on any atom is -0.487 e. The highest BCUT2D eigenvalue weighted by molar-refractivity contribution is 5.95. The quantitative estimate of drug-likeness (QED) is 0.842. The van der Waals surface area contributed by atoms with Crippen molar-refractivity contribution in [3.8, 4) is 5.75 Å². The predicted molar refractivity (Wildman–Crippen MR) is 81.1 cm³/mol. The van der Waals surface area contributed by atoms with E-state index in [4.69, 9.17) is 10.5 Å². The van der Waals surface area contributed by atoms with E-state index in [2.05, 4.69) is 10.3 Å². The first-order valence-corrected chi connectivity index (χ1v) is 6.89. The number of nitrogens with zero attached hydrogens (tertiary/aromatic N) is 1. The summed E-state index contributed by atoms with van der Waals surface area (Å²) in [6, 6.07) is 8.22. The number of aromatic nitrogens is 1. The Morgan fingerprint density at radius 3 is 2.52 bits per heavy atom. The number of rotatable bonds is 6. The van der Waals surface area contributed by atoms with E-state index >= 15 is 0 Å². The second kappa shape index (κ2) is 7.35. The van der Waals surface area contributed by atoms with Gasteiger partial charge in [-0.25, -0.2) is 9.37 Å². The standard InChI is InChI=1S/C16H16FN3O3/c1-10(15(18)21)20-16(22)14-7-6-13(8-19-14)23-9-11-2-4-12(17)5-3-11/h2-8,10H,9H2,1H3,(H2,18,21)(H,20,22). The van der Waals surface area contributed by atoms with Gasteiger partial charge in [0, 0.05) is 0 Å². The summed E-state index contributed by atoms with van der Waals surface area (Å²) in [5, 5.41) is 2.43. The molecule has 0 saturated carbocycles. The number of hydrogen-bond acceptors (Lipinski definition) is 4. The zero-order chi connectivity index (χ0) is 16.8. The molecule has 2 rings (SSSR count). The fraction of sp³-hybridized carbons (Fsp3) is 0.188. The van der Waals surface area contributed by atoms with Crippen LogP contribution in [0.2, 0.25) is 0 Å². The van der Waals surface area contributed by atoms with Crippen LogP contribution >= 0.6 is 0 Å². The zero-order valence-electron chi connectivity index (χ0n) is 12.5. The summed E-state index contributed by atoms with van der Waals surface area (Å²) in [4.78, 5) is 26.7. The normalized spacial score (nSPS) is 11.6. The van der Waals surface area contributed by atoms with Crippen molar-refractivity contribution in [3.63, 3.8) is 0 Å². The van der Waals surface area contributed by atoms with E-state index in [1.807, 2.05) is 0 Å². The highest BCUT2D eigenvalue weighted by atomic mass is 19.1. The number of benzene rings is 1. The molecule has 0 aliphatic rings. The van der Waals surface area contributed by atoms with E-state index in [1.54, 1.807) is 18.2 Å². The molecule has 0 spiro atoms. The first-order valence-electron chi connectivity index (χ1n) is 6.89. The molecule has 23 heavy (non-hydrogen) atoms. The number of nitrogens with two attached hydrogens (primary N) is 1. The minimum atomic E-state index is -0.779. The molecule has 0 fully saturated rings. The van der Waals surface area contributed by atoms with Crippen LogP contribution in [0.4, 0.5) is 4.39 Å². The Kier molecular flexibility index (Phi) is 5.24. The number of carbonyl (C=O) groups excluding carboxylic acids is 2. The fourth-order valence-electron chi connectivity index (χ4n) is 1.69. The van der Waals surface area contributed by atoms with E-state index in [-0.39, 0.29) is 18.1 Å². The number of primary amides is 1. The van der Waals surface area contributed by atoms with Crippen LogP contribution in [0.1, 0.15) is 23.0 Å². The molecule has 2 amide bonds. The molecule has 0 saturated heterocycles. The molecule has 1 aromatic carbocycles. The van der Waals surface area contributed by atoms with Crippen molar-refractivity contribution in [1.29, 1.82) is 0 Å². The smallest absolute Gasteiger partial charge is 0.270 e. The van der Waals surface area contributed by atoms with Gasteiger partial charge < -0.3 is 15.8 Å². The van der Waals surface area contributed by atoms with Gasteiger partial charge in [-0.15, -0.1) is 0 Å². The molecular weight excluding hydrogens is 301 g/mol. The van der Waals surface area contributed by atoms with Crippen LogP contribution in [-0.4, -0.2) is 22.8 Å². The van der Waals surface area contributed by atoms with Gasteiger partial charge in [-0.1, -0.05) is 12.1 Å². The van der Waals surface area contributed by atoms with Crippen LogP contribution < -0.4 is 15.8 Å². The molecular formula is C16H16FN3O3. The molecule has 0 aliphatic carbocycles. The van der Waals surface area contributed by atoms with Gasteiger partial charge >= 0.3 is 0 Å². The minimum absolute atomic E-state index is 0.146. The van der Waals surface area contributed by atoms with Crippen LogP contribution in [0.5, 0.6) is 5.75 Å². The molecule has 1 aromatic heterocycles. The summed E-state index contributed by atoms with van der Waals surface area (Å²) in [6.45, 7) is 1.74. The number of pyridine rings is 1. The van der Waals surface area contributed by atoms with Gasteiger partial charge in [-0.3, -0.25) is 9.59 Å². The maximum absolute atomic E-state index is 12.8. The van der Waals surface area contributed by atoms with E-state index in [0.717, 1.165) is 5.56 Å². The van der Waals surface area contributed by atoms with Crippen LogP contribution in [0.25, 0.3) is 0 Å². The zero-order valence-corrected chi connectivity index (χ0v) is 12.5. The van der Waals surface area contributed by atoms with E-state index in [9.17, 15) is 14.0 Å². The van der Waals surface area contributed by atoms with E-state index in [1.165, 1.54) is 31.3 Å². The van der Waals surface area contributed by atoms with Crippen LogP contribution in [0.3, 0.4) is 0 Å². The van der Waals surface area contributed by atoms with Crippen molar-refractivity contribution in [2.24, 2.45) is 5.73 Å². The third-order valence-corrected chi connectivity index (χ3v) is 3.06. The average molecular weight is 317 g/mol. The van der Waals surface area contributed by atoms with Gasteiger partial charge in [-0.05, 0) is 36.8 Å². The average Bonchev–Trinajstić information content (AvgIpc) is 2.54. The van der Waals surface area contributed by atoms with Crippen molar-refractivity contribution < 1.29 is 18.7 Å². The van der Waals surface area contributed by atoms with Gasteiger partial charge in [0.1, 0.15) is 29.9 Å². The molecule has 0 aliphatic heterocycles. The summed E-state index contributed by atoms with van der Waals surface area (Å²) in [6.07, 6.45) is 1.40. The summed E-state index contributed by atoms with van der Waals surface area (Å²) in [5.41, 5.74) is 6.03. The first-order chi connectivity index (χ1) is 11.0. The molecule has 1 atom stereocenters. The van der Waals surface area contributed by atoms with Crippen molar-refractivity contribution in [3.05, 3.63) is 59.7 Å². The molecule has 7 heteroatoms. The third-order valence-electron chi connectivity index (χ3n) is 3.06. The Balaban J connectivity index is 1.92. The monoisotopic (exact) mass is 317 g/mol. The van der Waals surface area contributed by atoms with E-state index in [0.29, 0.717) is 5.75 Å². The van der Waals surface area contributed by atoms with Crippen molar-refractivity contribution in [2.75, 3.05) is 0 Å². The first kappa shape index (κ1) is 16.4. The Labute approximate surface area is 132 Å². The SMILES string of the molecule is CC(NC(=O)c1ccc(OCc2ccc(F)cc2)cn1)C(N)=O. The van der Waals surface area contributed by atoms with Crippen LogP contribution in [0, 0.1) is 5.82 Å². The Morgan fingerprint density at radius 1 is 1.26 bits per heavy atom. The second-order valence-electron chi connectivity index (χ2n) is 4.89. The number of carbonyl (C=O) groups is 2. The molecule has 0 bridgehead atoms. The molecule has 1 heterocycles. The van der Waals surface area contributed by atoms with Gasteiger partial charge in [0.05, 0.1) is 6.20 Å². The summed E-state index contributed by atoms with van der Waals surface area (Å²) < 4.78 is 18.3. The number of hydrogen-bond donors (Lipinski definition) is 2. The molecule has 0 radical (unpaired) electrons. The van der Waals surface area contributed by atoms with Gasteiger partial charge in [0.25, 0.3) is 5.91 Å². The van der Waals surface area contributed by atoms with Crippen molar-refractivity contribution >= 4 is 11.8 Å². The molecule has 2 aromatic rings. The Bertz CT molecular complexity index is 687. The van der Waals surface area contributed by atoms with Gasteiger partial charge in [0.2, 0.25) is 5.91 Å². The topological polar surface area (TPSA) is 94.3 Å². The summed E-state index contributed by atoms with van der Waals surface area (Å²) in [5.74, 6) is -0.969. The van der Waals surface area contributed by atoms with Gasteiger partial charge in [-0.2, -0.15) is 0 Å². The maximum Gasteiger partial charge on any atom is 0.270 e. The summed E-state index contributed by atoms with van der Waals surface area (Å²) in [7, 11) is 0. The number of amides is 2. The third kappa shape index (κ3) is 4.77. The van der Waals surface area contributed by atoms with Crippen molar-refractivity contribution in [2.45, 2.75) is 19.6 Å². The van der Waals surface area contributed by atoms with Gasteiger partial charge in [0.15, 0.2) is 0 Å². The second-order valence-corrected chi connectivity index (χ2v) is 4.89. The lowest BCUT2D eigenvalue weighted by molar-refractivity contribution is -0.119. The number of nitrogens with one attached hydrogen (secondary N) is 1. The lowest BCUT2D eigenvalue weighted by Crippen LogP contribution is -2.42. The lowest BCUT2D eigenvalue weighted by atomic mass is 10.2. The number of ether oxygens (including phenoxy) is 1. The van der Waals surface area contributed by atoms with Crippen LogP contribution in [-0.2, 0) is 11.4 Å². The highest BCUT2D eigenvalue weighted by Gasteiger charge is 2.14. The maximum atomic E-state index is 12.8. The molecule has 120 valence electrons. The lowest BCUT2D eigenvalue weighted by Gasteiger charge is -2.10. The molecule has 3 N–H and O–H groups in total.